The summed E-state index contributed by atoms with van der Waals surface area (Å²) in [5.74, 6) is 0.944. The molecule has 136 valence electrons. The van der Waals surface area contributed by atoms with Crippen molar-refractivity contribution in [1.29, 1.82) is 0 Å². The van der Waals surface area contributed by atoms with Gasteiger partial charge in [-0.2, -0.15) is 5.10 Å². The molecule has 1 atom stereocenters. The van der Waals surface area contributed by atoms with Crippen molar-refractivity contribution < 1.29 is 14.4 Å². The van der Waals surface area contributed by atoms with Crippen molar-refractivity contribution in [2.75, 3.05) is 26.7 Å². The quantitative estimate of drug-likeness (QED) is 0.876. The highest BCUT2D eigenvalue weighted by molar-refractivity contribution is 7.12. The lowest BCUT2D eigenvalue weighted by molar-refractivity contribution is -0.879. The number of thiophene rings is 1. The van der Waals surface area contributed by atoms with Crippen LogP contribution in [0.5, 0.6) is 5.75 Å². The molecule has 3 heterocycles. The molecule has 26 heavy (non-hydrogen) atoms. The molecule has 1 saturated heterocycles. The van der Waals surface area contributed by atoms with Crippen molar-refractivity contribution >= 4 is 23.0 Å². The van der Waals surface area contributed by atoms with Crippen molar-refractivity contribution in [2.24, 2.45) is 5.10 Å². The van der Waals surface area contributed by atoms with Gasteiger partial charge in [0.05, 0.1) is 36.8 Å². The number of benzene rings is 1. The maximum Gasteiger partial charge on any atom is 0.298 e. The van der Waals surface area contributed by atoms with E-state index in [1.54, 1.807) is 23.5 Å². The summed E-state index contributed by atoms with van der Waals surface area (Å²) in [6, 6.07) is 12.1. The molecule has 1 amide bonds. The molecule has 2 aromatic rings. The van der Waals surface area contributed by atoms with Crippen molar-refractivity contribution in [1.82, 2.24) is 5.01 Å². The largest absolute Gasteiger partial charge is 0.497 e. The Labute approximate surface area is 157 Å². The zero-order valence-corrected chi connectivity index (χ0v) is 15.8. The summed E-state index contributed by atoms with van der Waals surface area (Å²) in [6.07, 6.45) is 3.19. The maximum atomic E-state index is 13.0. The average molecular weight is 370 g/mol. The van der Waals surface area contributed by atoms with Crippen LogP contribution >= 0.6 is 11.3 Å². The van der Waals surface area contributed by atoms with E-state index >= 15 is 0 Å². The molecule has 0 unspecified atom stereocenters. The Morgan fingerprint density at radius 1 is 1.27 bits per heavy atom. The molecule has 1 N–H and O–H groups in total. The zero-order valence-electron chi connectivity index (χ0n) is 15.0. The molecule has 5 nitrogen and oxygen atoms in total. The number of hydrazone groups is 1. The second-order valence-electron chi connectivity index (χ2n) is 6.89. The monoisotopic (exact) mass is 370 g/mol. The molecular formula is C20H24N3O2S+. The van der Waals surface area contributed by atoms with E-state index in [9.17, 15) is 4.79 Å². The molecule has 1 fully saturated rings. The fourth-order valence-corrected chi connectivity index (χ4v) is 4.49. The molecule has 0 aliphatic carbocycles. The van der Waals surface area contributed by atoms with Crippen LogP contribution in [0.3, 0.4) is 0 Å². The smallest absolute Gasteiger partial charge is 0.298 e. The number of likely N-dealkylation sites (tertiary alicyclic amines) is 1. The average Bonchev–Trinajstić information content (AvgIpc) is 3.42. The number of methoxy groups -OCH3 is 1. The van der Waals surface area contributed by atoms with E-state index in [2.05, 4.69) is 11.4 Å². The molecule has 0 saturated carbocycles. The van der Waals surface area contributed by atoms with Crippen LogP contribution in [0.1, 0.15) is 35.7 Å². The number of nitrogens with one attached hydrogen (secondary N) is 1. The van der Waals surface area contributed by atoms with Crippen LogP contribution in [0.4, 0.5) is 0 Å². The first-order chi connectivity index (χ1) is 12.7. The minimum atomic E-state index is -0.0347. The maximum absolute atomic E-state index is 13.0. The molecule has 1 aromatic heterocycles. The van der Waals surface area contributed by atoms with Crippen molar-refractivity contribution in [3.8, 4) is 5.75 Å². The van der Waals surface area contributed by atoms with Gasteiger partial charge in [0.2, 0.25) is 0 Å². The fraction of sp³-hybridized carbons (Fsp3) is 0.400. The molecule has 2 aliphatic rings. The van der Waals surface area contributed by atoms with E-state index in [1.165, 1.54) is 17.7 Å². The first-order valence-corrected chi connectivity index (χ1v) is 10.0. The summed E-state index contributed by atoms with van der Waals surface area (Å²) in [6.45, 7) is 2.72. The van der Waals surface area contributed by atoms with Crippen molar-refractivity contribution in [3.05, 3.63) is 52.2 Å². The number of amides is 1. The van der Waals surface area contributed by atoms with E-state index in [-0.39, 0.29) is 11.9 Å². The predicted octanol–water partition coefficient (Wildman–Crippen LogP) is 2.11. The highest BCUT2D eigenvalue weighted by atomic mass is 32.1. The first kappa shape index (κ1) is 17.2. The Morgan fingerprint density at radius 2 is 2.04 bits per heavy atom. The summed E-state index contributed by atoms with van der Waals surface area (Å²) >= 11 is 1.68. The second kappa shape index (κ2) is 7.60. The van der Waals surface area contributed by atoms with E-state index in [0.29, 0.717) is 6.54 Å². The van der Waals surface area contributed by atoms with Gasteiger partial charge in [0, 0.05) is 19.3 Å². The van der Waals surface area contributed by atoms with Gasteiger partial charge in [0.1, 0.15) is 5.75 Å². The van der Waals surface area contributed by atoms with Crippen LogP contribution < -0.4 is 9.64 Å². The van der Waals surface area contributed by atoms with Gasteiger partial charge in [-0.25, -0.2) is 5.01 Å². The predicted molar refractivity (Wildman–Crippen MR) is 103 cm³/mol. The van der Waals surface area contributed by atoms with Gasteiger partial charge < -0.3 is 9.64 Å². The number of nitrogens with zero attached hydrogens (tertiary/aromatic N) is 2. The van der Waals surface area contributed by atoms with Crippen LogP contribution in [0.25, 0.3) is 0 Å². The van der Waals surface area contributed by atoms with Crippen LogP contribution in [0.2, 0.25) is 0 Å². The summed E-state index contributed by atoms with van der Waals surface area (Å²) in [5.41, 5.74) is 2.11. The van der Waals surface area contributed by atoms with Gasteiger partial charge in [-0.15, -0.1) is 11.3 Å². The third-order valence-electron chi connectivity index (χ3n) is 5.18. The second-order valence-corrected chi connectivity index (χ2v) is 7.84. The number of carbonyl (C=O) groups is 1. The number of hydrogen-bond donors (Lipinski definition) is 1. The molecule has 0 bridgehead atoms. The van der Waals surface area contributed by atoms with Crippen LogP contribution in [-0.4, -0.2) is 43.4 Å². The molecule has 6 heteroatoms. The van der Waals surface area contributed by atoms with Gasteiger partial charge in [0.15, 0.2) is 6.54 Å². The van der Waals surface area contributed by atoms with Crippen LogP contribution in [0.15, 0.2) is 46.9 Å². The lowest BCUT2D eigenvalue weighted by atomic mass is 10.0. The van der Waals surface area contributed by atoms with Crippen LogP contribution in [0, 0.1) is 0 Å². The first-order valence-electron chi connectivity index (χ1n) is 9.15. The van der Waals surface area contributed by atoms with E-state index < -0.39 is 0 Å². The third-order valence-corrected chi connectivity index (χ3v) is 6.10. The number of quaternary nitrogens is 1. The molecule has 0 spiro atoms. The number of hydrogen-bond acceptors (Lipinski definition) is 4. The summed E-state index contributed by atoms with van der Waals surface area (Å²) in [5, 5.41) is 8.52. The standard InChI is InChI=1S/C20H23N3O2S/c1-25-16-8-6-15(7-9-16)18-13-17(19-5-4-12-26-19)21-23(18)20(24)14-22-10-2-3-11-22/h4-9,12,18H,2-3,10-11,13-14H2,1H3/p+1/t18-/m0/s1. The zero-order chi connectivity index (χ0) is 17.9. The Morgan fingerprint density at radius 3 is 2.69 bits per heavy atom. The number of ether oxygens (including phenoxy) is 1. The summed E-state index contributed by atoms with van der Waals surface area (Å²) in [7, 11) is 1.66. The van der Waals surface area contributed by atoms with Gasteiger partial charge >= 0.3 is 0 Å². The topological polar surface area (TPSA) is 46.3 Å². The number of rotatable bonds is 5. The van der Waals surface area contributed by atoms with E-state index in [0.717, 1.165) is 41.4 Å². The minimum Gasteiger partial charge on any atom is -0.497 e. The van der Waals surface area contributed by atoms with Gasteiger partial charge in [0.25, 0.3) is 5.91 Å². The molecule has 2 aliphatic heterocycles. The normalized spacial score (nSPS) is 20.4. The SMILES string of the molecule is COc1ccc([C@@H]2CC(c3cccs3)=NN2C(=O)C[NH+]2CCCC2)cc1. The number of carbonyl (C=O) groups excluding carboxylic acids is 1. The van der Waals surface area contributed by atoms with E-state index in [4.69, 9.17) is 9.84 Å². The van der Waals surface area contributed by atoms with E-state index in [1.807, 2.05) is 30.3 Å². The molecule has 4 rings (SSSR count). The van der Waals surface area contributed by atoms with Crippen molar-refractivity contribution in [3.63, 3.8) is 0 Å². The highest BCUT2D eigenvalue weighted by Crippen LogP contribution is 2.34. The highest BCUT2D eigenvalue weighted by Gasteiger charge is 2.35. The Balaban J connectivity index is 1.59. The summed E-state index contributed by atoms with van der Waals surface area (Å²) in [4.78, 5) is 15.5. The Bertz CT molecular complexity index is 780. The fourth-order valence-electron chi connectivity index (χ4n) is 3.76. The molecule has 0 radical (unpaired) electrons. The Hall–Kier alpha value is -2.18. The van der Waals surface area contributed by atoms with Crippen LogP contribution in [-0.2, 0) is 4.79 Å². The van der Waals surface area contributed by atoms with Gasteiger partial charge in [-0.1, -0.05) is 18.2 Å². The summed E-state index contributed by atoms with van der Waals surface area (Å²) < 4.78 is 5.26. The lowest BCUT2D eigenvalue weighted by Crippen LogP contribution is -3.11. The lowest BCUT2D eigenvalue weighted by Gasteiger charge is -2.23. The van der Waals surface area contributed by atoms with Gasteiger partial charge in [-0.3, -0.25) is 4.79 Å². The molecule has 1 aromatic carbocycles. The minimum absolute atomic E-state index is 0.0347. The van der Waals surface area contributed by atoms with Gasteiger partial charge in [-0.05, 0) is 29.1 Å². The molecular weight excluding hydrogens is 346 g/mol. The third kappa shape index (κ3) is 3.52. The van der Waals surface area contributed by atoms with Crippen molar-refractivity contribution in [2.45, 2.75) is 25.3 Å². The Kier molecular flexibility index (Phi) is 5.04.